The van der Waals surface area contributed by atoms with Crippen molar-refractivity contribution in [3.05, 3.63) is 53.3 Å². The number of rotatable bonds is 4. The van der Waals surface area contributed by atoms with Crippen molar-refractivity contribution in [2.24, 2.45) is 0 Å². The molecule has 0 atom stereocenters. The van der Waals surface area contributed by atoms with Crippen molar-refractivity contribution in [1.82, 2.24) is 4.57 Å². The Labute approximate surface area is 135 Å². The van der Waals surface area contributed by atoms with Crippen LogP contribution in [0.1, 0.15) is 37.6 Å². The second kappa shape index (κ2) is 5.39. The van der Waals surface area contributed by atoms with Gasteiger partial charge in [0.15, 0.2) is 8.32 Å². The predicted octanol–water partition coefficient (Wildman–Crippen LogP) is 4.95. The van der Waals surface area contributed by atoms with Gasteiger partial charge in [0.1, 0.15) is 0 Å². The Morgan fingerprint density at radius 3 is 2.59 bits per heavy atom. The predicted molar refractivity (Wildman–Crippen MR) is 95.4 cm³/mol. The van der Waals surface area contributed by atoms with Crippen LogP contribution >= 0.6 is 0 Å². The van der Waals surface area contributed by atoms with E-state index in [0.29, 0.717) is 0 Å². The van der Waals surface area contributed by atoms with Gasteiger partial charge in [0, 0.05) is 30.6 Å². The summed E-state index contributed by atoms with van der Waals surface area (Å²) in [5.41, 5.74) is 5.66. The molecule has 2 heterocycles. The normalized spacial score (nSPS) is 14.0. The van der Waals surface area contributed by atoms with Crippen molar-refractivity contribution in [3.8, 4) is 5.69 Å². The summed E-state index contributed by atoms with van der Waals surface area (Å²) in [6, 6.07) is 11.0. The lowest BCUT2D eigenvalue weighted by Gasteiger charge is -2.36. The van der Waals surface area contributed by atoms with Crippen LogP contribution in [0.5, 0.6) is 0 Å². The molecule has 2 aromatic rings. The van der Waals surface area contributed by atoms with Crippen molar-refractivity contribution in [1.29, 1.82) is 0 Å². The summed E-state index contributed by atoms with van der Waals surface area (Å²) in [5.74, 6) is 0. The van der Waals surface area contributed by atoms with Crippen molar-refractivity contribution in [3.63, 3.8) is 0 Å². The number of aromatic nitrogens is 1. The Kier molecular flexibility index (Phi) is 3.82. The summed E-state index contributed by atoms with van der Waals surface area (Å²) >= 11 is 0. The van der Waals surface area contributed by atoms with Crippen LogP contribution in [0.2, 0.25) is 18.1 Å². The first-order chi connectivity index (χ1) is 10.3. The second-order valence-electron chi connectivity index (χ2n) is 7.82. The van der Waals surface area contributed by atoms with Crippen LogP contribution in [0.4, 0.5) is 0 Å². The zero-order valence-electron chi connectivity index (χ0n) is 14.4. The first-order valence-corrected chi connectivity index (χ1v) is 11.1. The fraction of sp³-hybridized carbons (Fsp3) is 0.474. The average Bonchev–Trinajstić information content (AvgIpc) is 2.97. The maximum Gasteiger partial charge on any atom is 0.191 e. The minimum absolute atomic E-state index is 0.284. The highest BCUT2D eigenvalue weighted by Crippen LogP contribution is 2.37. The van der Waals surface area contributed by atoms with E-state index in [-0.39, 0.29) is 5.04 Å². The maximum absolute atomic E-state index is 6.33. The Balaban J connectivity index is 1.69. The third-order valence-electron chi connectivity index (χ3n) is 5.34. The number of hydrogen-bond donors (Lipinski definition) is 0. The minimum atomic E-state index is -1.63. The monoisotopic (exact) mass is 313 g/mol. The largest absolute Gasteiger partial charge is 0.416 e. The molecule has 0 bridgehead atoms. The lowest BCUT2D eigenvalue weighted by Crippen LogP contribution is -2.41. The van der Waals surface area contributed by atoms with Crippen LogP contribution in [0.25, 0.3) is 5.69 Å². The second-order valence-corrected chi connectivity index (χ2v) is 12.6. The average molecular weight is 314 g/mol. The molecular weight excluding hydrogens is 286 g/mol. The van der Waals surface area contributed by atoms with Crippen molar-refractivity contribution >= 4 is 8.32 Å². The van der Waals surface area contributed by atoms with Crippen LogP contribution in [0.3, 0.4) is 0 Å². The fourth-order valence-corrected chi connectivity index (χ4v) is 3.91. The molecule has 118 valence electrons. The molecule has 0 spiro atoms. The van der Waals surface area contributed by atoms with E-state index in [9.17, 15) is 0 Å². The third kappa shape index (κ3) is 2.68. The molecule has 0 fully saturated rings. The summed E-state index contributed by atoms with van der Waals surface area (Å²) in [7, 11) is -1.63. The number of benzene rings is 1. The number of hydrogen-bond acceptors (Lipinski definition) is 1. The summed E-state index contributed by atoms with van der Waals surface area (Å²) in [5, 5.41) is 0.284. The van der Waals surface area contributed by atoms with E-state index in [1.54, 1.807) is 0 Å². The maximum atomic E-state index is 6.33. The van der Waals surface area contributed by atoms with E-state index < -0.39 is 8.32 Å². The molecule has 0 aliphatic carbocycles. The molecule has 1 aliphatic heterocycles. The first-order valence-electron chi connectivity index (χ1n) is 8.21. The highest BCUT2D eigenvalue weighted by Gasteiger charge is 2.37. The molecule has 1 aliphatic rings. The molecule has 22 heavy (non-hydrogen) atoms. The molecule has 0 amide bonds. The van der Waals surface area contributed by atoms with Crippen LogP contribution < -0.4 is 0 Å². The molecule has 0 N–H and O–H groups in total. The molecule has 3 rings (SSSR count). The molecule has 3 heteroatoms. The van der Waals surface area contributed by atoms with Gasteiger partial charge in [-0.2, -0.15) is 0 Å². The molecule has 0 radical (unpaired) electrons. The van der Waals surface area contributed by atoms with Gasteiger partial charge in [0.25, 0.3) is 0 Å². The Morgan fingerprint density at radius 2 is 1.86 bits per heavy atom. The summed E-state index contributed by atoms with van der Waals surface area (Å²) < 4.78 is 8.68. The van der Waals surface area contributed by atoms with Crippen molar-refractivity contribution in [2.75, 3.05) is 6.61 Å². The molecule has 0 saturated heterocycles. The summed E-state index contributed by atoms with van der Waals surface area (Å²) in [4.78, 5) is 0. The number of nitrogens with zero attached hydrogens (tertiary/aromatic N) is 1. The molecule has 1 aromatic heterocycles. The Morgan fingerprint density at radius 1 is 1.14 bits per heavy atom. The molecule has 1 aromatic carbocycles. The zero-order chi connectivity index (χ0) is 16.0. The van der Waals surface area contributed by atoms with Gasteiger partial charge >= 0.3 is 0 Å². The van der Waals surface area contributed by atoms with E-state index in [4.69, 9.17) is 4.43 Å². The van der Waals surface area contributed by atoms with Gasteiger partial charge in [-0.3, -0.25) is 0 Å². The van der Waals surface area contributed by atoms with Crippen LogP contribution in [0, 0.1) is 0 Å². The Bertz CT molecular complexity index is 679. The lowest BCUT2D eigenvalue weighted by atomic mass is 10.1. The standard InChI is InChI=1S/C19H27NOSi/c1-19(2,3)22(4,5)21-13-11-15-10-12-20-17-9-7-6-8-16(17)14-18(15)20/h6-10,12H,11,13-14H2,1-5H3. The molecule has 0 unspecified atom stereocenters. The topological polar surface area (TPSA) is 14.2 Å². The van der Waals surface area contributed by atoms with Gasteiger partial charge in [0.2, 0.25) is 0 Å². The minimum Gasteiger partial charge on any atom is -0.416 e. The van der Waals surface area contributed by atoms with E-state index in [2.05, 4.69) is 75.0 Å². The van der Waals surface area contributed by atoms with Crippen LogP contribution in [0.15, 0.2) is 36.5 Å². The van der Waals surface area contributed by atoms with E-state index in [0.717, 1.165) is 19.4 Å². The lowest BCUT2D eigenvalue weighted by molar-refractivity contribution is 0.291. The van der Waals surface area contributed by atoms with Gasteiger partial charge in [-0.05, 0) is 47.8 Å². The summed E-state index contributed by atoms with van der Waals surface area (Å²) in [6.07, 6.45) is 4.28. The van der Waals surface area contributed by atoms with Crippen molar-refractivity contribution < 1.29 is 4.43 Å². The van der Waals surface area contributed by atoms with Gasteiger partial charge in [-0.1, -0.05) is 39.0 Å². The quantitative estimate of drug-likeness (QED) is 0.622. The summed E-state index contributed by atoms with van der Waals surface area (Å²) in [6.45, 7) is 12.4. The van der Waals surface area contributed by atoms with Gasteiger partial charge in [-0.15, -0.1) is 0 Å². The fourth-order valence-electron chi connectivity index (χ4n) is 2.87. The van der Waals surface area contributed by atoms with Gasteiger partial charge < -0.3 is 8.99 Å². The van der Waals surface area contributed by atoms with Crippen LogP contribution in [-0.2, 0) is 17.3 Å². The zero-order valence-corrected chi connectivity index (χ0v) is 15.4. The smallest absolute Gasteiger partial charge is 0.191 e. The third-order valence-corrected chi connectivity index (χ3v) is 9.87. The van der Waals surface area contributed by atoms with E-state index in [1.165, 1.54) is 22.5 Å². The number of fused-ring (bicyclic) bond motifs is 3. The number of para-hydroxylation sites is 1. The van der Waals surface area contributed by atoms with Gasteiger partial charge in [0.05, 0.1) is 0 Å². The Hall–Kier alpha value is -1.32. The molecule has 0 saturated carbocycles. The van der Waals surface area contributed by atoms with Crippen molar-refractivity contribution in [2.45, 2.75) is 51.7 Å². The highest BCUT2D eigenvalue weighted by molar-refractivity contribution is 6.74. The van der Waals surface area contributed by atoms with Gasteiger partial charge in [-0.25, -0.2) is 0 Å². The van der Waals surface area contributed by atoms with Crippen LogP contribution in [-0.4, -0.2) is 19.5 Å². The SMILES string of the molecule is CC(C)(C)[Si](C)(C)OCCc1ccn2c1Cc1ccccc1-2. The molecular formula is C19H27NOSi. The van der Waals surface area contributed by atoms with E-state index in [1.807, 2.05) is 0 Å². The first kappa shape index (κ1) is 15.6. The molecule has 2 nitrogen and oxygen atoms in total. The highest BCUT2D eigenvalue weighted by atomic mass is 28.4. The van der Waals surface area contributed by atoms with E-state index >= 15 is 0 Å².